The zero-order valence-corrected chi connectivity index (χ0v) is 31.5. The van der Waals surface area contributed by atoms with Crippen LogP contribution in [0.3, 0.4) is 0 Å². The van der Waals surface area contributed by atoms with E-state index in [0.717, 1.165) is 25.0 Å². The van der Waals surface area contributed by atoms with Crippen LogP contribution in [-0.2, 0) is 46.0 Å². The Bertz CT molecular complexity index is 1390. The lowest BCUT2D eigenvalue weighted by Gasteiger charge is -2.40. The minimum Gasteiger partial charge on any atom is -0.462 e. The number of ether oxygens (including phenoxy) is 6. The average molecular weight is 793 g/mol. The molecule has 3 rings (SSSR count). The highest BCUT2D eigenvalue weighted by atomic mass is 32.1. The molecule has 0 aliphatic carbocycles. The van der Waals surface area contributed by atoms with Crippen LogP contribution in [0.15, 0.2) is 30.5 Å². The van der Waals surface area contributed by atoms with Crippen molar-refractivity contribution in [1.29, 1.82) is 0 Å². The van der Waals surface area contributed by atoms with Gasteiger partial charge in [-0.3, -0.25) is 9.36 Å². The number of benzene rings is 1. The van der Waals surface area contributed by atoms with Crippen molar-refractivity contribution in [2.45, 2.75) is 69.4 Å². The van der Waals surface area contributed by atoms with E-state index in [4.69, 9.17) is 50.4 Å². The molecule has 2 aromatic rings. The molecule has 8 N–H and O–H groups in total. The average Bonchev–Trinajstić information content (AvgIpc) is 3.59. The van der Waals surface area contributed by atoms with Gasteiger partial charge in [0.1, 0.15) is 24.1 Å². The summed E-state index contributed by atoms with van der Waals surface area (Å²) >= 11 is 5.39. The molecule has 1 aromatic carbocycles. The number of aliphatic hydroxyl groups excluding tert-OH is 3. The zero-order chi connectivity index (χ0) is 38.5. The molecule has 0 bridgehead atoms. The highest BCUT2D eigenvalue weighted by Gasteiger charge is 2.45. The quantitative estimate of drug-likeness (QED) is 0.0341. The molecule has 0 spiro atoms. The number of aromatic nitrogens is 3. The van der Waals surface area contributed by atoms with Gasteiger partial charge in [0.2, 0.25) is 12.2 Å². The van der Waals surface area contributed by atoms with E-state index < -0.39 is 44.5 Å². The number of aryl methyl sites for hydroxylation is 1. The van der Waals surface area contributed by atoms with E-state index in [-0.39, 0.29) is 12.3 Å². The minimum atomic E-state index is -4.35. The van der Waals surface area contributed by atoms with Gasteiger partial charge < -0.3 is 69.5 Å². The summed E-state index contributed by atoms with van der Waals surface area (Å²) in [5.74, 6) is 0.238. The number of unbranched alkanes of at least 4 members (excludes halogenated alkanes) is 1. The summed E-state index contributed by atoms with van der Waals surface area (Å²) in [5, 5.41) is 48.2. The number of nitrogens with one attached hydrogen (secondary N) is 3. The third-order valence-corrected chi connectivity index (χ3v) is 8.89. The van der Waals surface area contributed by atoms with E-state index in [1.54, 1.807) is 36.0 Å². The second kappa shape index (κ2) is 24.5. The predicted octanol–water partition coefficient (Wildman–Crippen LogP) is -0.456. The molecule has 1 amide bonds. The third kappa shape index (κ3) is 18.4. The smallest absolute Gasteiger partial charge is 0.325 e. The number of aliphatic hydroxyl groups is 3. The molecular weight excluding hydrogens is 739 g/mol. The molecule has 5 atom stereocenters. The number of anilines is 1. The van der Waals surface area contributed by atoms with Gasteiger partial charge in [-0.2, -0.15) is 0 Å². The van der Waals surface area contributed by atoms with E-state index in [9.17, 15) is 24.7 Å². The summed E-state index contributed by atoms with van der Waals surface area (Å²) in [7, 11) is -2.76. The SMILES string of the molecule is CNC(=O)CCOCCOCCOCCOCCn1cc(CCCCNC(=S)Nc2ccc(O[C@H]3O[C@H](CCP(=O)(O)O)[C@@H](O)[C@H](O)[C@@H]3O)cc2)nn1. The summed E-state index contributed by atoms with van der Waals surface area (Å²) in [4.78, 5) is 29.3. The Morgan fingerprint density at radius 2 is 1.57 bits per heavy atom. The fraction of sp³-hybridized carbons (Fsp3) is 0.688. The highest BCUT2D eigenvalue weighted by molar-refractivity contribution is 7.80. The van der Waals surface area contributed by atoms with Gasteiger partial charge in [-0.05, 0) is 62.2 Å². The van der Waals surface area contributed by atoms with Crippen LogP contribution in [0, 0.1) is 0 Å². The first-order valence-corrected chi connectivity index (χ1v) is 19.6. The van der Waals surface area contributed by atoms with Gasteiger partial charge in [0.25, 0.3) is 0 Å². The largest absolute Gasteiger partial charge is 0.462 e. The van der Waals surface area contributed by atoms with E-state index in [0.29, 0.717) is 88.9 Å². The molecule has 300 valence electrons. The van der Waals surface area contributed by atoms with Gasteiger partial charge >= 0.3 is 7.60 Å². The Kier molecular flexibility index (Phi) is 20.6. The lowest BCUT2D eigenvalue weighted by atomic mass is 9.97. The van der Waals surface area contributed by atoms with Crippen LogP contribution in [0.4, 0.5) is 5.69 Å². The van der Waals surface area contributed by atoms with Crippen molar-refractivity contribution in [1.82, 2.24) is 25.6 Å². The maximum absolute atomic E-state index is 11.2. The van der Waals surface area contributed by atoms with E-state index >= 15 is 0 Å². The van der Waals surface area contributed by atoms with Crippen molar-refractivity contribution in [2.24, 2.45) is 0 Å². The summed E-state index contributed by atoms with van der Waals surface area (Å²) in [6.07, 6.45) is -3.31. The van der Waals surface area contributed by atoms with Gasteiger partial charge in [0.15, 0.2) is 5.11 Å². The van der Waals surface area contributed by atoms with E-state index in [2.05, 4.69) is 26.3 Å². The van der Waals surface area contributed by atoms with Crippen LogP contribution in [0.1, 0.15) is 31.4 Å². The Labute approximate surface area is 313 Å². The molecule has 0 unspecified atom stereocenters. The van der Waals surface area contributed by atoms with Gasteiger partial charge in [-0.15, -0.1) is 5.10 Å². The fourth-order valence-electron chi connectivity index (χ4n) is 4.88. The molecule has 53 heavy (non-hydrogen) atoms. The molecule has 1 fully saturated rings. The standard InChI is InChI=1S/C32H53N6O13PS/c1-33-27(39)9-13-46-15-17-48-19-20-49-18-16-47-14-12-38-22-24(36-37-38)4-2-3-11-34-32(53)35-23-5-7-25(8-6-23)50-31-30(42)29(41)28(40)26(51-31)10-21-52(43,44)45/h5-8,22,26,28-31,40-42H,2-4,9-21H2,1H3,(H,33,39)(H2,34,35,53)(H2,43,44,45)/t26-,28-,29+,30+,31+/m1/s1. The van der Waals surface area contributed by atoms with Gasteiger partial charge in [-0.25, -0.2) is 4.68 Å². The van der Waals surface area contributed by atoms with E-state index in [1.807, 2.05) is 6.20 Å². The molecule has 2 heterocycles. The van der Waals surface area contributed by atoms with Crippen LogP contribution in [-0.4, -0.2) is 154 Å². The van der Waals surface area contributed by atoms with Crippen molar-refractivity contribution >= 4 is 36.5 Å². The van der Waals surface area contributed by atoms with Crippen LogP contribution < -0.4 is 20.7 Å². The number of thiocarbonyl (C=S) groups is 1. The number of hydrogen-bond acceptors (Lipinski definition) is 14. The first-order valence-electron chi connectivity index (χ1n) is 17.4. The minimum absolute atomic E-state index is 0.0532. The topological polar surface area (TPSA) is 257 Å². The second-order valence-corrected chi connectivity index (χ2v) is 14.2. The molecule has 1 aliphatic heterocycles. The molecule has 1 aromatic heterocycles. The van der Waals surface area contributed by atoms with Crippen LogP contribution >= 0.6 is 19.8 Å². The van der Waals surface area contributed by atoms with Crippen LogP contribution in [0.25, 0.3) is 0 Å². The molecular formula is C32H53N6O13PS. The van der Waals surface area contributed by atoms with Crippen molar-refractivity contribution in [2.75, 3.05) is 77.9 Å². The summed E-state index contributed by atoms with van der Waals surface area (Å²) < 4.78 is 46.0. The fourth-order valence-corrected chi connectivity index (χ4v) is 5.69. The van der Waals surface area contributed by atoms with Crippen molar-refractivity contribution in [3.63, 3.8) is 0 Å². The maximum Gasteiger partial charge on any atom is 0.325 e. The van der Waals surface area contributed by atoms with Crippen molar-refractivity contribution < 1.29 is 62.9 Å². The zero-order valence-electron chi connectivity index (χ0n) is 29.8. The summed E-state index contributed by atoms with van der Waals surface area (Å²) in [6, 6.07) is 6.56. The number of carbonyl (C=O) groups is 1. The van der Waals surface area contributed by atoms with Gasteiger partial charge in [0.05, 0.1) is 77.4 Å². The van der Waals surface area contributed by atoms with Crippen LogP contribution in [0.2, 0.25) is 0 Å². The van der Waals surface area contributed by atoms with Crippen molar-refractivity contribution in [3.05, 3.63) is 36.2 Å². The third-order valence-electron chi connectivity index (χ3n) is 7.80. The second-order valence-electron chi connectivity index (χ2n) is 12.0. The molecule has 1 aliphatic rings. The lowest BCUT2D eigenvalue weighted by Crippen LogP contribution is -2.59. The number of hydrogen-bond donors (Lipinski definition) is 8. The molecule has 21 heteroatoms. The van der Waals surface area contributed by atoms with Gasteiger partial charge in [0, 0.05) is 31.9 Å². The van der Waals surface area contributed by atoms with E-state index in [1.165, 1.54) is 0 Å². The van der Waals surface area contributed by atoms with Crippen molar-refractivity contribution in [3.8, 4) is 5.75 Å². The summed E-state index contributed by atoms with van der Waals surface area (Å²) in [6.45, 7) is 4.78. The van der Waals surface area contributed by atoms with Gasteiger partial charge in [-0.1, -0.05) is 5.21 Å². The Morgan fingerprint density at radius 3 is 2.21 bits per heavy atom. The Balaban J connectivity index is 1.19. The normalized spacial score (nSPS) is 20.2. The first-order chi connectivity index (χ1) is 25.4. The number of carbonyl (C=O) groups excluding carboxylic acids is 1. The molecule has 1 saturated heterocycles. The predicted molar refractivity (Wildman–Crippen MR) is 194 cm³/mol. The Hall–Kier alpha value is -2.85. The number of amides is 1. The monoisotopic (exact) mass is 792 g/mol. The number of nitrogens with zero attached hydrogens (tertiary/aromatic N) is 3. The highest BCUT2D eigenvalue weighted by Crippen LogP contribution is 2.37. The lowest BCUT2D eigenvalue weighted by molar-refractivity contribution is -0.272. The molecule has 0 radical (unpaired) electrons. The molecule has 19 nitrogen and oxygen atoms in total. The van der Waals surface area contributed by atoms with Crippen LogP contribution in [0.5, 0.6) is 5.75 Å². The molecule has 0 saturated carbocycles. The Morgan fingerprint density at radius 1 is 0.925 bits per heavy atom. The summed E-state index contributed by atoms with van der Waals surface area (Å²) in [5.41, 5.74) is 1.56. The number of rotatable bonds is 26. The first kappa shape index (κ1) is 44.5. The maximum atomic E-state index is 11.2.